The number of urea groups is 1. The summed E-state index contributed by atoms with van der Waals surface area (Å²) in [5.41, 5.74) is 0.318. The van der Waals surface area contributed by atoms with Crippen LogP contribution in [0, 0.1) is 0 Å². The zero-order valence-electron chi connectivity index (χ0n) is 13.0. The van der Waals surface area contributed by atoms with Gasteiger partial charge in [0.25, 0.3) is 5.91 Å². The van der Waals surface area contributed by atoms with Gasteiger partial charge in [-0.1, -0.05) is 43.2 Å². The van der Waals surface area contributed by atoms with Gasteiger partial charge in [-0.2, -0.15) is 0 Å². The normalized spacial score (nSPS) is 19.2. The highest BCUT2D eigenvalue weighted by Gasteiger charge is 2.52. The van der Waals surface area contributed by atoms with Crippen molar-refractivity contribution in [2.24, 2.45) is 0 Å². The Kier molecular flexibility index (Phi) is 4.32. The van der Waals surface area contributed by atoms with Crippen LogP contribution in [-0.2, 0) is 16.1 Å². The van der Waals surface area contributed by atoms with Gasteiger partial charge < -0.3 is 10.6 Å². The molecule has 6 nitrogen and oxygen atoms in total. The van der Waals surface area contributed by atoms with E-state index < -0.39 is 5.54 Å². The van der Waals surface area contributed by atoms with E-state index in [1.54, 1.807) is 0 Å². The van der Waals surface area contributed by atoms with Crippen LogP contribution in [0.15, 0.2) is 30.3 Å². The van der Waals surface area contributed by atoms with Crippen molar-refractivity contribution in [2.75, 3.05) is 6.54 Å². The van der Waals surface area contributed by atoms with Gasteiger partial charge in [0.15, 0.2) is 0 Å². The van der Waals surface area contributed by atoms with Gasteiger partial charge in [-0.05, 0) is 18.4 Å². The number of rotatable bonds is 5. The lowest BCUT2D eigenvalue weighted by Crippen LogP contribution is -2.44. The fourth-order valence-corrected chi connectivity index (χ4v) is 3.29. The summed E-state index contributed by atoms with van der Waals surface area (Å²) in [6, 6.07) is 9.24. The van der Waals surface area contributed by atoms with Crippen LogP contribution < -0.4 is 10.6 Å². The fraction of sp³-hybridized carbons (Fsp3) is 0.471. The van der Waals surface area contributed by atoms with E-state index in [0.717, 1.165) is 18.4 Å². The molecule has 1 saturated carbocycles. The largest absolute Gasteiger partial charge is 0.352 e. The van der Waals surface area contributed by atoms with Crippen molar-refractivity contribution in [3.05, 3.63) is 35.9 Å². The van der Waals surface area contributed by atoms with E-state index in [2.05, 4.69) is 10.6 Å². The molecule has 1 heterocycles. The Morgan fingerprint density at radius 3 is 2.57 bits per heavy atom. The number of amides is 4. The van der Waals surface area contributed by atoms with Crippen LogP contribution in [0.1, 0.15) is 37.7 Å². The zero-order valence-corrected chi connectivity index (χ0v) is 13.0. The number of hydrogen-bond acceptors (Lipinski definition) is 3. The minimum Gasteiger partial charge on any atom is -0.352 e. The Bertz CT molecular complexity index is 609. The van der Waals surface area contributed by atoms with Crippen molar-refractivity contribution in [2.45, 2.75) is 44.2 Å². The van der Waals surface area contributed by atoms with Gasteiger partial charge in [-0.3, -0.25) is 14.5 Å². The van der Waals surface area contributed by atoms with Gasteiger partial charge in [-0.25, -0.2) is 4.79 Å². The van der Waals surface area contributed by atoms with Gasteiger partial charge >= 0.3 is 6.03 Å². The average molecular weight is 315 g/mol. The molecule has 3 rings (SSSR count). The molecule has 1 spiro atoms. The maximum absolute atomic E-state index is 12.4. The summed E-state index contributed by atoms with van der Waals surface area (Å²) in [6.45, 7) is 0.580. The molecule has 1 aromatic carbocycles. The molecule has 1 saturated heterocycles. The smallest absolute Gasteiger partial charge is 0.325 e. The SMILES string of the molecule is O=C(CCN1C(=O)NC2(CCCC2)C1=O)NCc1ccccc1. The second kappa shape index (κ2) is 6.40. The monoisotopic (exact) mass is 315 g/mol. The number of carbonyl (C=O) groups is 3. The maximum Gasteiger partial charge on any atom is 0.325 e. The van der Waals surface area contributed by atoms with Gasteiger partial charge in [0.05, 0.1) is 0 Å². The summed E-state index contributed by atoms with van der Waals surface area (Å²) in [5.74, 6) is -0.335. The van der Waals surface area contributed by atoms with E-state index >= 15 is 0 Å². The molecule has 4 amide bonds. The number of nitrogens with one attached hydrogen (secondary N) is 2. The molecule has 0 radical (unpaired) electrons. The van der Waals surface area contributed by atoms with E-state index in [1.807, 2.05) is 30.3 Å². The highest BCUT2D eigenvalue weighted by atomic mass is 16.2. The predicted octanol–water partition coefficient (Wildman–Crippen LogP) is 1.56. The van der Waals surface area contributed by atoms with Crippen LogP contribution in [0.5, 0.6) is 0 Å². The van der Waals surface area contributed by atoms with Gasteiger partial charge in [0.1, 0.15) is 5.54 Å². The van der Waals surface area contributed by atoms with Crippen molar-refractivity contribution >= 4 is 17.8 Å². The van der Waals surface area contributed by atoms with Crippen LogP contribution in [0.25, 0.3) is 0 Å². The first kappa shape index (κ1) is 15.5. The summed E-state index contributed by atoms with van der Waals surface area (Å²) < 4.78 is 0. The third-order valence-corrected chi connectivity index (χ3v) is 4.60. The van der Waals surface area contributed by atoms with Crippen molar-refractivity contribution < 1.29 is 14.4 Å². The molecule has 2 fully saturated rings. The Balaban J connectivity index is 1.49. The number of imide groups is 1. The number of nitrogens with zero attached hydrogens (tertiary/aromatic N) is 1. The second-order valence-corrected chi connectivity index (χ2v) is 6.19. The highest BCUT2D eigenvalue weighted by Crippen LogP contribution is 2.34. The molecule has 1 aliphatic carbocycles. The molecule has 2 aliphatic rings. The Labute approximate surface area is 135 Å². The van der Waals surface area contributed by atoms with Crippen LogP contribution in [0.2, 0.25) is 0 Å². The molecule has 122 valence electrons. The van der Waals surface area contributed by atoms with Crippen LogP contribution in [0.4, 0.5) is 4.79 Å². The maximum atomic E-state index is 12.4. The molecule has 0 bridgehead atoms. The standard InChI is InChI=1S/C17H21N3O3/c21-14(18-12-13-6-2-1-3-7-13)8-11-20-15(22)17(19-16(20)23)9-4-5-10-17/h1-3,6-7H,4-5,8-12H2,(H,18,21)(H,19,23). The Morgan fingerprint density at radius 2 is 1.87 bits per heavy atom. The van der Waals surface area contributed by atoms with E-state index in [4.69, 9.17) is 0 Å². The number of benzene rings is 1. The van der Waals surface area contributed by atoms with Crippen molar-refractivity contribution in [1.29, 1.82) is 0 Å². The first-order chi connectivity index (χ1) is 11.1. The number of carbonyl (C=O) groups excluding carboxylic acids is 3. The lowest BCUT2D eigenvalue weighted by molar-refractivity contribution is -0.131. The molecule has 0 unspecified atom stereocenters. The molecular formula is C17H21N3O3. The van der Waals surface area contributed by atoms with Crippen molar-refractivity contribution in [3.8, 4) is 0 Å². The Hall–Kier alpha value is -2.37. The third kappa shape index (κ3) is 3.21. The highest BCUT2D eigenvalue weighted by molar-refractivity contribution is 6.07. The van der Waals surface area contributed by atoms with Crippen LogP contribution in [-0.4, -0.2) is 34.8 Å². The Morgan fingerprint density at radius 1 is 1.17 bits per heavy atom. The second-order valence-electron chi connectivity index (χ2n) is 6.19. The van der Waals surface area contributed by atoms with Crippen LogP contribution in [0.3, 0.4) is 0 Å². The van der Waals surface area contributed by atoms with Crippen molar-refractivity contribution in [1.82, 2.24) is 15.5 Å². The minimum atomic E-state index is -0.697. The molecule has 0 aromatic heterocycles. The first-order valence-corrected chi connectivity index (χ1v) is 8.05. The van der Waals surface area contributed by atoms with Gasteiger partial charge in [0, 0.05) is 19.5 Å². The number of hydrogen-bond donors (Lipinski definition) is 2. The topological polar surface area (TPSA) is 78.5 Å². The first-order valence-electron chi connectivity index (χ1n) is 8.05. The fourth-order valence-electron chi connectivity index (χ4n) is 3.29. The summed E-state index contributed by atoms with van der Waals surface area (Å²) in [6.07, 6.45) is 3.44. The molecule has 23 heavy (non-hydrogen) atoms. The molecule has 1 aromatic rings. The summed E-state index contributed by atoms with van der Waals surface area (Å²) in [7, 11) is 0. The van der Waals surface area contributed by atoms with Crippen LogP contribution >= 0.6 is 0 Å². The molecule has 6 heteroatoms. The quantitative estimate of drug-likeness (QED) is 0.809. The predicted molar refractivity (Wildman–Crippen MR) is 84.3 cm³/mol. The molecule has 1 aliphatic heterocycles. The summed E-state index contributed by atoms with van der Waals surface area (Å²) in [5, 5.41) is 5.62. The van der Waals surface area contributed by atoms with E-state index in [-0.39, 0.29) is 30.8 Å². The lowest BCUT2D eigenvalue weighted by atomic mass is 9.98. The summed E-state index contributed by atoms with van der Waals surface area (Å²) in [4.78, 5) is 37.5. The zero-order chi connectivity index (χ0) is 16.3. The van der Waals surface area contributed by atoms with E-state index in [9.17, 15) is 14.4 Å². The molecule has 0 atom stereocenters. The molecular weight excluding hydrogens is 294 g/mol. The van der Waals surface area contributed by atoms with E-state index in [1.165, 1.54) is 4.90 Å². The third-order valence-electron chi connectivity index (χ3n) is 4.60. The van der Waals surface area contributed by atoms with Crippen molar-refractivity contribution in [3.63, 3.8) is 0 Å². The van der Waals surface area contributed by atoms with Gasteiger partial charge in [0.2, 0.25) is 5.91 Å². The lowest BCUT2D eigenvalue weighted by Gasteiger charge is -2.19. The van der Waals surface area contributed by atoms with Gasteiger partial charge in [-0.15, -0.1) is 0 Å². The summed E-state index contributed by atoms with van der Waals surface area (Å²) >= 11 is 0. The minimum absolute atomic E-state index is 0.127. The molecule has 2 N–H and O–H groups in total. The van der Waals surface area contributed by atoms with E-state index in [0.29, 0.717) is 19.4 Å². The average Bonchev–Trinajstić information content (AvgIpc) is 3.11.